The van der Waals surface area contributed by atoms with Crippen LogP contribution in [0.2, 0.25) is 0 Å². The van der Waals surface area contributed by atoms with Crippen LogP contribution in [0.5, 0.6) is 0 Å². The summed E-state index contributed by atoms with van der Waals surface area (Å²) in [6, 6.07) is 8.52. The van der Waals surface area contributed by atoms with E-state index in [9.17, 15) is 4.79 Å². The molecule has 0 radical (unpaired) electrons. The molecule has 1 aromatic rings. The van der Waals surface area contributed by atoms with Gasteiger partial charge in [0.2, 0.25) is 5.91 Å². The fourth-order valence-corrected chi connectivity index (χ4v) is 2.29. The Morgan fingerprint density at radius 1 is 1.28 bits per heavy atom. The van der Waals surface area contributed by atoms with Crippen molar-refractivity contribution in [2.24, 2.45) is 5.73 Å². The third-order valence-electron chi connectivity index (χ3n) is 3.44. The number of carbonyl (C=O) groups is 1. The molecule has 1 amide bonds. The van der Waals surface area contributed by atoms with Crippen LogP contribution in [0, 0.1) is 0 Å². The van der Waals surface area contributed by atoms with Crippen LogP contribution in [0.4, 0.5) is 0 Å². The first-order valence-corrected chi connectivity index (χ1v) is 6.49. The summed E-state index contributed by atoms with van der Waals surface area (Å²) in [7, 11) is 0. The maximum Gasteiger partial charge on any atom is 0.224 e. The van der Waals surface area contributed by atoms with Crippen molar-refractivity contribution < 1.29 is 4.79 Å². The monoisotopic (exact) mass is 246 g/mol. The Balaban J connectivity index is 2.05. The number of amides is 1. The molecule has 0 bridgehead atoms. The summed E-state index contributed by atoms with van der Waals surface area (Å²) in [5, 5.41) is 0. The molecule has 1 atom stereocenters. The van der Waals surface area contributed by atoms with E-state index in [1.165, 1.54) is 11.1 Å². The summed E-state index contributed by atoms with van der Waals surface area (Å²) in [4.78, 5) is 13.5. The van der Waals surface area contributed by atoms with Crippen LogP contribution in [0.1, 0.15) is 38.3 Å². The molecule has 1 heterocycles. The number of nitrogens with zero attached hydrogens (tertiary/aromatic N) is 1. The van der Waals surface area contributed by atoms with E-state index < -0.39 is 0 Å². The van der Waals surface area contributed by atoms with Crippen LogP contribution in [0.25, 0.3) is 0 Å². The van der Waals surface area contributed by atoms with Gasteiger partial charge in [0.25, 0.3) is 0 Å². The molecule has 1 fully saturated rings. The van der Waals surface area contributed by atoms with Gasteiger partial charge in [0.05, 0.1) is 0 Å². The third kappa shape index (κ3) is 2.91. The van der Waals surface area contributed by atoms with Crippen molar-refractivity contribution >= 4 is 5.91 Å². The highest BCUT2D eigenvalue weighted by Crippen LogP contribution is 2.23. The molecule has 0 saturated carbocycles. The van der Waals surface area contributed by atoms with E-state index in [1.807, 2.05) is 4.90 Å². The normalized spacial score (nSPS) is 20.6. The van der Waals surface area contributed by atoms with Crippen LogP contribution in [-0.2, 0) is 16.8 Å². The lowest BCUT2D eigenvalue weighted by Gasteiger charge is -2.20. The predicted octanol–water partition coefficient (Wildman–Crippen LogP) is 2.04. The molecular formula is C15H22N2O. The van der Waals surface area contributed by atoms with Gasteiger partial charge in [-0.25, -0.2) is 0 Å². The van der Waals surface area contributed by atoms with Crippen molar-refractivity contribution in [1.82, 2.24) is 4.90 Å². The number of hydrogen-bond acceptors (Lipinski definition) is 2. The second kappa shape index (κ2) is 4.73. The van der Waals surface area contributed by atoms with E-state index in [4.69, 9.17) is 5.73 Å². The van der Waals surface area contributed by atoms with Crippen molar-refractivity contribution in [3.05, 3.63) is 35.4 Å². The molecule has 0 aromatic heterocycles. The van der Waals surface area contributed by atoms with E-state index in [-0.39, 0.29) is 17.4 Å². The van der Waals surface area contributed by atoms with Crippen LogP contribution in [0.15, 0.2) is 24.3 Å². The van der Waals surface area contributed by atoms with E-state index in [1.54, 1.807) is 0 Å². The first kappa shape index (κ1) is 13.1. The SMILES string of the molecule is CC(C)(C)c1ccc(CN2CC(N)CC2=O)cc1. The van der Waals surface area contributed by atoms with Gasteiger partial charge in [-0.3, -0.25) is 4.79 Å². The molecule has 0 aliphatic carbocycles. The number of carbonyl (C=O) groups excluding carboxylic acids is 1. The van der Waals surface area contributed by atoms with Crippen LogP contribution in [-0.4, -0.2) is 23.4 Å². The van der Waals surface area contributed by atoms with E-state index in [0.29, 0.717) is 19.5 Å². The second-order valence-electron chi connectivity index (χ2n) is 6.19. The van der Waals surface area contributed by atoms with Crippen molar-refractivity contribution in [2.75, 3.05) is 6.54 Å². The largest absolute Gasteiger partial charge is 0.337 e. The van der Waals surface area contributed by atoms with Gasteiger partial charge in [0, 0.05) is 25.6 Å². The summed E-state index contributed by atoms with van der Waals surface area (Å²) in [5.41, 5.74) is 8.45. The molecular weight excluding hydrogens is 224 g/mol. The summed E-state index contributed by atoms with van der Waals surface area (Å²) >= 11 is 0. The Hall–Kier alpha value is -1.35. The van der Waals surface area contributed by atoms with Gasteiger partial charge in [0.15, 0.2) is 0 Å². The van der Waals surface area contributed by atoms with Crippen molar-refractivity contribution in [3.8, 4) is 0 Å². The molecule has 2 N–H and O–H groups in total. The highest BCUT2D eigenvalue weighted by atomic mass is 16.2. The van der Waals surface area contributed by atoms with Gasteiger partial charge in [0.1, 0.15) is 0 Å². The highest BCUT2D eigenvalue weighted by molar-refractivity contribution is 5.79. The zero-order valence-electron chi connectivity index (χ0n) is 11.4. The average Bonchev–Trinajstić information content (AvgIpc) is 2.57. The lowest BCUT2D eigenvalue weighted by Crippen LogP contribution is -2.27. The number of benzene rings is 1. The maximum atomic E-state index is 11.7. The number of nitrogens with two attached hydrogens (primary N) is 1. The minimum atomic E-state index is 0.00588. The van der Waals surface area contributed by atoms with Crippen molar-refractivity contribution in [3.63, 3.8) is 0 Å². The molecule has 98 valence electrons. The Morgan fingerprint density at radius 2 is 1.89 bits per heavy atom. The number of hydrogen-bond donors (Lipinski definition) is 1. The molecule has 2 rings (SSSR count). The van der Waals surface area contributed by atoms with Gasteiger partial charge in [-0.2, -0.15) is 0 Å². The Bertz CT molecular complexity index is 431. The highest BCUT2D eigenvalue weighted by Gasteiger charge is 2.26. The Kier molecular flexibility index (Phi) is 3.44. The lowest BCUT2D eigenvalue weighted by atomic mass is 9.87. The summed E-state index contributed by atoms with van der Waals surface area (Å²) < 4.78 is 0. The average molecular weight is 246 g/mol. The Labute approximate surface area is 109 Å². The second-order valence-corrected chi connectivity index (χ2v) is 6.19. The zero-order valence-corrected chi connectivity index (χ0v) is 11.4. The molecule has 1 aliphatic heterocycles. The molecule has 3 nitrogen and oxygen atoms in total. The van der Waals surface area contributed by atoms with Gasteiger partial charge < -0.3 is 10.6 Å². The fraction of sp³-hybridized carbons (Fsp3) is 0.533. The predicted molar refractivity (Wildman–Crippen MR) is 73.2 cm³/mol. The summed E-state index contributed by atoms with van der Waals surface area (Å²) in [6.45, 7) is 7.96. The first-order valence-electron chi connectivity index (χ1n) is 6.49. The molecule has 1 aliphatic rings. The minimum Gasteiger partial charge on any atom is -0.337 e. The standard InChI is InChI=1S/C15H22N2O/c1-15(2,3)12-6-4-11(5-7-12)9-17-10-13(16)8-14(17)18/h4-7,13H,8-10,16H2,1-3H3. The topological polar surface area (TPSA) is 46.3 Å². The number of rotatable bonds is 2. The smallest absolute Gasteiger partial charge is 0.224 e. The third-order valence-corrected chi connectivity index (χ3v) is 3.44. The van der Waals surface area contributed by atoms with E-state index in [0.717, 1.165) is 0 Å². The van der Waals surface area contributed by atoms with Crippen molar-refractivity contribution in [1.29, 1.82) is 0 Å². The minimum absolute atomic E-state index is 0.00588. The number of likely N-dealkylation sites (tertiary alicyclic amines) is 1. The fourth-order valence-electron chi connectivity index (χ4n) is 2.29. The van der Waals surface area contributed by atoms with Crippen LogP contribution < -0.4 is 5.73 Å². The van der Waals surface area contributed by atoms with E-state index in [2.05, 4.69) is 45.0 Å². The maximum absolute atomic E-state index is 11.7. The van der Waals surface area contributed by atoms with Gasteiger partial charge >= 0.3 is 0 Å². The zero-order chi connectivity index (χ0) is 13.3. The Morgan fingerprint density at radius 3 is 2.33 bits per heavy atom. The molecule has 1 saturated heterocycles. The van der Waals surface area contributed by atoms with Crippen LogP contribution in [0.3, 0.4) is 0 Å². The molecule has 3 heteroatoms. The van der Waals surface area contributed by atoms with Gasteiger partial charge in [-0.15, -0.1) is 0 Å². The van der Waals surface area contributed by atoms with Gasteiger partial charge in [-0.05, 0) is 16.5 Å². The first-order chi connectivity index (χ1) is 8.36. The lowest BCUT2D eigenvalue weighted by molar-refractivity contribution is -0.128. The van der Waals surface area contributed by atoms with Crippen molar-refractivity contribution in [2.45, 2.75) is 45.2 Å². The molecule has 0 spiro atoms. The molecule has 18 heavy (non-hydrogen) atoms. The summed E-state index contributed by atoms with van der Waals surface area (Å²) in [6.07, 6.45) is 0.486. The quantitative estimate of drug-likeness (QED) is 0.868. The van der Waals surface area contributed by atoms with E-state index >= 15 is 0 Å². The van der Waals surface area contributed by atoms with Gasteiger partial charge in [-0.1, -0.05) is 45.0 Å². The molecule has 1 unspecified atom stereocenters. The summed E-state index contributed by atoms with van der Waals surface area (Å²) in [5.74, 6) is 0.169. The van der Waals surface area contributed by atoms with Crippen LogP contribution >= 0.6 is 0 Å². The molecule has 1 aromatic carbocycles.